The molecule has 2 heterocycles. The Labute approximate surface area is 106 Å². The number of nitrogens with zero attached hydrogens (tertiary/aromatic N) is 3. The van der Waals surface area contributed by atoms with E-state index >= 15 is 0 Å². The Morgan fingerprint density at radius 2 is 2.06 bits per heavy atom. The van der Waals surface area contributed by atoms with Crippen molar-refractivity contribution in [1.29, 1.82) is 0 Å². The molecule has 0 radical (unpaired) electrons. The van der Waals surface area contributed by atoms with Gasteiger partial charge in [-0.15, -0.1) is 0 Å². The molecule has 96 valence electrons. The molecule has 0 aromatic carbocycles. The number of nitrogens with one attached hydrogen (secondary N) is 2. The summed E-state index contributed by atoms with van der Waals surface area (Å²) >= 11 is 0. The zero-order valence-corrected chi connectivity index (χ0v) is 11.0. The van der Waals surface area contributed by atoms with Crippen LogP contribution in [0.15, 0.2) is 12.3 Å². The van der Waals surface area contributed by atoms with Gasteiger partial charge in [0.1, 0.15) is 5.52 Å². The van der Waals surface area contributed by atoms with E-state index in [9.17, 15) is 0 Å². The molecule has 0 aliphatic carbocycles. The molecule has 18 heavy (non-hydrogen) atoms. The van der Waals surface area contributed by atoms with E-state index < -0.39 is 0 Å². The van der Waals surface area contributed by atoms with Crippen molar-refractivity contribution in [2.75, 3.05) is 24.8 Å². The van der Waals surface area contributed by atoms with Crippen LogP contribution in [0.2, 0.25) is 0 Å². The maximum Gasteiger partial charge on any atom is 0.223 e. The molecule has 0 atom stereocenters. The molecule has 2 N–H and O–H groups in total. The maximum atomic E-state index is 5.18. The maximum absolute atomic E-state index is 5.18. The summed E-state index contributed by atoms with van der Waals surface area (Å²) in [6.07, 6.45) is 1.75. The summed E-state index contributed by atoms with van der Waals surface area (Å²) < 4.78 is 5.18. The minimum Gasteiger partial charge on any atom is -0.481 e. The molecular formula is C12H17N5O. The van der Waals surface area contributed by atoms with E-state index in [0.29, 0.717) is 17.6 Å². The van der Waals surface area contributed by atoms with Crippen LogP contribution in [0.3, 0.4) is 0 Å². The number of methoxy groups -OCH3 is 1. The SMILES string of the molecule is CNc1ncc2cc(OC)nc(NC(C)C)c2n1. The first-order valence-corrected chi connectivity index (χ1v) is 5.80. The second-order valence-corrected chi connectivity index (χ2v) is 4.19. The number of ether oxygens (including phenoxy) is 1. The lowest BCUT2D eigenvalue weighted by atomic mass is 10.2. The molecule has 0 saturated carbocycles. The largest absolute Gasteiger partial charge is 0.481 e. The van der Waals surface area contributed by atoms with Crippen molar-refractivity contribution in [3.05, 3.63) is 12.3 Å². The van der Waals surface area contributed by atoms with E-state index in [1.807, 2.05) is 19.9 Å². The highest BCUT2D eigenvalue weighted by Crippen LogP contribution is 2.25. The molecule has 0 saturated heterocycles. The van der Waals surface area contributed by atoms with Crippen molar-refractivity contribution in [2.45, 2.75) is 19.9 Å². The third-order valence-corrected chi connectivity index (χ3v) is 2.40. The van der Waals surface area contributed by atoms with Crippen LogP contribution < -0.4 is 15.4 Å². The highest BCUT2D eigenvalue weighted by molar-refractivity contribution is 5.89. The van der Waals surface area contributed by atoms with E-state index in [1.165, 1.54) is 0 Å². The Bertz CT molecular complexity index is 555. The first kappa shape index (κ1) is 12.3. The first-order chi connectivity index (χ1) is 8.63. The van der Waals surface area contributed by atoms with E-state index in [-0.39, 0.29) is 6.04 Å². The molecule has 0 fully saturated rings. The number of rotatable bonds is 4. The number of fused-ring (bicyclic) bond motifs is 1. The van der Waals surface area contributed by atoms with E-state index in [0.717, 1.165) is 10.9 Å². The average molecular weight is 247 g/mol. The summed E-state index contributed by atoms with van der Waals surface area (Å²) in [6, 6.07) is 2.08. The summed E-state index contributed by atoms with van der Waals surface area (Å²) in [5.41, 5.74) is 0.781. The molecule has 2 aromatic heterocycles. The van der Waals surface area contributed by atoms with Gasteiger partial charge >= 0.3 is 0 Å². The van der Waals surface area contributed by atoms with Gasteiger partial charge in [-0.1, -0.05) is 0 Å². The zero-order valence-electron chi connectivity index (χ0n) is 11.0. The average Bonchev–Trinajstić information content (AvgIpc) is 2.37. The molecule has 0 aliphatic heterocycles. The second-order valence-electron chi connectivity index (χ2n) is 4.19. The smallest absolute Gasteiger partial charge is 0.223 e. The Morgan fingerprint density at radius 3 is 2.67 bits per heavy atom. The van der Waals surface area contributed by atoms with Gasteiger partial charge in [0, 0.05) is 30.7 Å². The van der Waals surface area contributed by atoms with Crippen molar-refractivity contribution in [3.8, 4) is 5.88 Å². The summed E-state index contributed by atoms with van der Waals surface area (Å²) in [4.78, 5) is 13.0. The molecule has 6 heteroatoms. The lowest BCUT2D eigenvalue weighted by Gasteiger charge is -2.13. The van der Waals surface area contributed by atoms with Gasteiger partial charge < -0.3 is 15.4 Å². The molecule has 2 aromatic rings. The Balaban J connectivity index is 2.61. The van der Waals surface area contributed by atoms with Crippen LogP contribution in [0, 0.1) is 0 Å². The minimum absolute atomic E-state index is 0.265. The molecule has 0 aliphatic rings. The van der Waals surface area contributed by atoms with Crippen LogP contribution in [-0.4, -0.2) is 35.2 Å². The van der Waals surface area contributed by atoms with Crippen LogP contribution in [-0.2, 0) is 0 Å². The predicted octanol–water partition coefficient (Wildman–Crippen LogP) is 1.90. The number of pyridine rings is 1. The zero-order chi connectivity index (χ0) is 13.1. The molecule has 0 spiro atoms. The summed E-state index contributed by atoms with van der Waals surface area (Å²) in [5, 5.41) is 7.08. The van der Waals surface area contributed by atoms with E-state index in [1.54, 1.807) is 20.4 Å². The lowest BCUT2D eigenvalue weighted by Crippen LogP contribution is -2.12. The van der Waals surface area contributed by atoms with Crippen LogP contribution in [0.1, 0.15) is 13.8 Å². The van der Waals surface area contributed by atoms with Crippen LogP contribution in [0.25, 0.3) is 10.9 Å². The summed E-state index contributed by atoms with van der Waals surface area (Å²) in [7, 11) is 3.38. The quantitative estimate of drug-likeness (QED) is 0.859. The fourth-order valence-corrected chi connectivity index (χ4v) is 1.61. The Hall–Kier alpha value is -2.11. The van der Waals surface area contributed by atoms with E-state index in [4.69, 9.17) is 4.74 Å². The van der Waals surface area contributed by atoms with Crippen LogP contribution in [0.5, 0.6) is 5.88 Å². The summed E-state index contributed by atoms with van der Waals surface area (Å²) in [5.74, 6) is 1.82. The van der Waals surface area contributed by atoms with Gasteiger partial charge in [0.2, 0.25) is 11.8 Å². The van der Waals surface area contributed by atoms with Crippen LogP contribution in [0.4, 0.5) is 11.8 Å². The minimum atomic E-state index is 0.265. The number of aromatic nitrogens is 3. The molecule has 6 nitrogen and oxygen atoms in total. The van der Waals surface area contributed by atoms with Gasteiger partial charge in [-0.3, -0.25) is 0 Å². The van der Waals surface area contributed by atoms with Crippen molar-refractivity contribution < 1.29 is 4.74 Å². The fraction of sp³-hybridized carbons (Fsp3) is 0.417. The first-order valence-electron chi connectivity index (χ1n) is 5.80. The number of anilines is 2. The Morgan fingerprint density at radius 1 is 1.28 bits per heavy atom. The van der Waals surface area contributed by atoms with Gasteiger partial charge in [0.25, 0.3) is 0 Å². The third-order valence-electron chi connectivity index (χ3n) is 2.40. The van der Waals surface area contributed by atoms with Gasteiger partial charge in [-0.2, -0.15) is 4.98 Å². The van der Waals surface area contributed by atoms with Crippen molar-refractivity contribution in [2.24, 2.45) is 0 Å². The predicted molar refractivity (Wildman–Crippen MR) is 72.2 cm³/mol. The van der Waals surface area contributed by atoms with Crippen LogP contribution >= 0.6 is 0 Å². The normalized spacial score (nSPS) is 10.7. The number of hydrogen-bond acceptors (Lipinski definition) is 6. The van der Waals surface area contributed by atoms with Gasteiger partial charge in [0.05, 0.1) is 7.11 Å². The standard InChI is InChI=1S/C12H17N5O/c1-7(2)15-11-10-8(5-9(16-11)18-4)6-14-12(13-3)17-10/h5-7H,1-4H3,(H,15,16)(H,13,14,17). The number of hydrogen-bond donors (Lipinski definition) is 2. The van der Waals surface area contributed by atoms with Crippen molar-refractivity contribution >= 4 is 22.7 Å². The molecule has 0 amide bonds. The third kappa shape index (κ3) is 2.42. The molecular weight excluding hydrogens is 230 g/mol. The highest BCUT2D eigenvalue weighted by atomic mass is 16.5. The highest BCUT2D eigenvalue weighted by Gasteiger charge is 2.10. The monoisotopic (exact) mass is 247 g/mol. The molecule has 2 rings (SSSR count). The fourth-order valence-electron chi connectivity index (χ4n) is 1.61. The van der Waals surface area contributed by atoms with Crippen molar-refractivity contribution in [1.82, 2.24) is 15.0 Å². The Kier molecular flexibility index (Phi) is 3.45. The second kappa shape index (κ2) is 5.03. The lowest BCUT2D eigenvalue weighted by molar-refractivity contribution is 0.399. The van der Waals surface area contributed by atoms with Crippen molar-refractivity contribution in [3.63, 3.8) is 0 Å². The van der Waals surface area contributed by atoms with E-state index in [2.05, 4.69) is 25.6 Å². The topological polar surface area (TPSA) is 72.0 Å². The summed E-state index contributed by atoms with van der Waals surface area (Å²) in [6.45, 7) is 4.10. The molecule has 0 bridgehead atoms. The van der Waals surface area contributed by atoms with Gasteiger partial charge in [-0.25, -0.2) is 9.97 Å². The van der Waals surface area contributed by atoms with Gasteiger partial charge in [-0.05, 0) is 13.8 Å². The molecule has 0 unspecified atom stereocenters. The van der Waals surface area contributed by atoms with Gasteiger partial charge in [0.15, 0.2) is 5.82 Å².